The van der Waals surface area contributed by atoms with Gasteiger partial charge in [0.15, 0.2) is 0 Å². The van der Waals surface area contributed by atoms with Crippen molar-refractivity contribution in [2.45, 2.75) is 97.4 Å². The number of rotatable bonds is 1. The summed E-state index contributed by atoms with van der Waals surface area (Å²) in [4.78, 5) is 0. The topological polar surface area (TPSA) is 26.0 Å². The maximum absolute atomic E-state index is 6.15. The molecule has 2 N–H and O–H groups in total. The summed E-state index contributed by atoms with van der Waals surface area (Å²) in [5.41, 5.74) is 7.26. The van der Waals surface area contributed by atoms with Crippen LogP contribution in [-0.4, -0.2) is 6.04 Å². The minimum Gasteiger partial charge on any atom is -0.327 e. The van der Waals surface area contributed by atoms with Crippen LogP contribution in [-0.2, 0) is 0 Å². The molecule has 2 aliphatic rings. The Labute approximate surface area is 120 Å². The third-order valence-electron chi connectivity index (χ3n) is 5.94. The Kier molecular flexibility index (Phi) is 4.98. The first-order valence-corrected chi connectivity index (χ1v) is 8.69. The Morgan fingerprint density at radius 3 is 1.84 bits per heavy atom. The lowest BCUT2D eigenvalue weighted by Gasteiger charge is -2.33. The van der Waals surface area contributed by atoms with E-state index in [2.05, 4.69) is 20.8 Å². The Bertz CT molecular complexity index is 283. The summed E-state index contributed by atoms with van der Waals surface area (Å²) in [6.07, 6.45) is 15.6. The zero-order chi connectivity index (χ0) is 13.9. The van der Waals surface area contributed by atoms with Crippen molar-refractivity contribution >= 4 is 0 Å². The van der Waals surface area contributed by atoms with Gasteiger partial charge >= 0.3 is 0 Å². The first-order valence-electron chi connectivity index (χ1n) is 8.69. The van der Waals surface area contributed by atoms with Crippen molar-refractivity contribution < 1.29 is 0 Å². The van der Waals surface area contributed by atoms with Crippen molar-refractivity contribution in [1.29, 1.82) is 0 Å². The largest absolute Gasteiger partial charge is 0.327 e. The van der Waals surface area contributed by atoms with Gasteiger partial charge in [-0.1, -0.05) is 59.3 Å². The highest BCUT2D eigenvalue weighted by Crippen LogP contribution is 2.51. The van der Waals surface area contributed by atoms with E-state index in [-0.39, 0.29) is 0 Å². The maximum Gasteiger partial charge on any atom is 0.00763 e. The fraction of sp³-hybridized carbons (Fsp3) is 1.00. The molecule has 3 unspecified atom stereocenters. The first-order chi connectivity index (χ1) is 8.93. The fourth-order valence-electron chi connectivity index (χ4n) is 4.27. The molecule has 0 aromatic carbocycles. The monoisotopic (exact) mass is 265 g/mol. The van der Waals surface area contributed by atoms with Crippen molar-refractivity contribution in [3.05, 3.63) is 0 Å². The average molecular weight is 265 g/mol. The molecule has 2 rings (SSSR count). The Balaban J connectivity index is 1.93. The smallest absolute Gasteiger partial charge is 0.00763 e. The van der Waals surface area contributed by atoms with Crippen LogP contribution in [0.2, 0.25) is 0 Å². The van der Waals surface area contributed by atoms with E-state index < -0.39 is 0 Å². The molecule has 0 heterocycles. The molecule has 19 heavy (non-hydrogen) atoms. The van der Waals surface area contributed by atoms with Crippen molar-refractivity contribution in [3.63, 3.8) is 0 Å². The summed E-state index contributed by atoms with van der Waals surface area (Å²) in [6, 6.07) is 0.519. The number of hydrogen-bond acceptors (Lipinski definition) is 1. The second-order valence-corrected chi connectivity index (χ2v) is 8.45. The van der Waals surface area contributed by atoms with Gasteiger partial charge < -0.3 is 5.73 Å². The minimum atomic E-state index is 0.519. The van der Waals surface area contributed by atoms with Gasteiger partial charge in [-0.15, -0.1) is 0 Å². The molecule has 1 heteroatoms. The second kappa shape index (κ2) is 6.16. The zero-order valence-corrected chi connectivity index (χ0v) is 13.5. The number of hydrogen-bond donors (Lipinski definition) is 1. The molecule has 2 fully saturated rings. The Morgan fingerprint density at radius 2 is 1.21 bits per heavy atom. The highest BCUT2D eigenvalue weighted by Gasteiger charge is 2.47. The first kappa shape index (κ1) is 15.4. The van der Waals surface area contributed by atoms with Gasteiger partial charge in [0.1, 0.15) is 0 Å². The van der Waals surface area contributed by atoms with Crippen LogP contribution in [0.3, 0.4) is 0 Å². The van der Waals surface area contributed by atoms with Gasteiger partial charge in [-0.3, -0.25) is 0 Å². The SMILES string of the molecule is CC1(C)CCCCCCCC(C)(C2CC2N)CCC1. The molecule has 1 nitrogen and oxygen atoms in total. The maximum atomic E-state index is 6.15. The van der Waals surface area contributed by atoms with Crippen molar-refractivity contribution in [3.8, 4) is 0 Å². The quantitative estimate of drug-likeness (QED) is 0.685. The molecule has 0 amide bonds. The lowest BCUT2D eigenvalue weighted by molar-refractivity contribution is 0.183. The van der Waals surface area contributed by atoms with E-state index in [1.165, 1.54) is 70.6 Å². The van der Waals surface area contributed by atoms with Gasteiger partial charge in [0.2, 0.25) is 0 Å². The normalized spacial score (nSPS) is 41.1. The zero-order valence-electron chi connectivity index (χ0n) is 13.5. The highest BCUT2D eigenvalue weighted by molar-refractivity contribution is 5.01. The molecule has 2 saturated carbocycles. The van der Waals surface area contributed by atoms with E-state index in [0.29, 0.717) is 16.9 Å². The summed E-state index contributed by atoms with van der Waals surface area (Å²) in [5.74, 6) is 0.832. The summed E-state index contributed by atoms with van der Waals surface area (Å²) in [6.45, 7) is 7.47. The Morgan fingerprint density at radius 1 is 0.737 bits per heavy atom. The molecule has 0 aliphatic heterocycles. The average Bonchev–Trinajstić information content (AvgIpc) is 3.04. The van der Waals surface area contributed by atoms with Crippen molar-refractivity contribution in [2.24, 2.45) is 22.5 Å². The summed E-state index contributed by atoms with van der Waals surface area (Å²) < 4.78 is 0. The van der Waals surface area contributed by atoms with Crippen LogP contribution >= 0.6 is 0 Å². The predicted molar refractivity (Wildman–Crippen MR) is 84.1 cm³/mol. The van der Waals surface area contributed by atoms with Crippen molar-refractivity contribution in [1.82, 2.24) is 0 Å². The van der Waals surface area contributed by atoms with E-state index in [4.69, 9.17) is 5.73 Å². The van der Waals surface area contributed by atoms with Crippen molar-refractivity contribution in [2.75, 3.05) is 0 Å². The molecule has 0 radical (unpaired) electrons. The predicted octanol–water partition coefficient (Wildman–Crippen LogP) is 5.28. The van der Waals surface area contributed by atoms with Crippen LogP contribution in [0.25, 0.3) is 0 Å². The lowest BCUT2D eigenvalue weighted by atomic mass is 9.72. The van der Waals surface area contributed by atoms with Crippen LogP contribution in [0.1, 0.15) is 91.4 Å². The Hall–Kier alpha value is -0.0400. The number of nitrogens with two attached hydrogens (primary N) is 1. The molecular formula is C18H35N. The van der Waals surface area contributed by atoms with Gasteiger partial charge in [0.05, 0.1) is 0 Å². The molecule has 2 aliphatic carbocycles. The molecule has 3 atom stereocenters. The lowest BCUT2D eigenvalue weighted by Crippen LogP contribution is -2.24. The third kappa shape index (κ3) is 4.48. The van der Waals surface area contributed by atoms with Crippen LogP contribution in [0, 0.1) is 16.7 Å². The highest BCUT2D eigenvalue weighted by atomic mass is 14.8. The van der Waals surface area contributed by atoms with E-state index in [9.17, 15) is 0 Å². The van der Waals surface area contributed by atoms with Crippen LogP contribution in [0.5, 0.6) is 0 Å². The summed E-state index contributed by atoms with van der Waals surface area (Å²) in [7, 11) is 0. The molecule has 0 aromatic rings. The summed E-state index contributed by atoms with van der Waals surface area (Å²) in [5, 5.41) is 0. The van der Waals surface area contributed by atoms with Gasteiger partial charge in [0.25, 0.3) is 0 Å². The van der Waals surface area contributed by atoms with Crippen LogP contribution in [0.15, 0.2) is 0 Å². The van der Waals surface area contributed by atoms with E-state index >= 15 is 0 Å². The van der Waals surface area contributed by atoms with E-state index in [1.807, 2.05) is 0 Å². The fourth-order valence-corrected chi connectivity index (χ4v) is 4.27. The molecular weight excluding hydrogens is 230 g/mol. The van der Waals surface area contributed by atoms with E-state index in [1.54, 1.807) is 0 Å². The third-order valence-corrected chi connectivity index (χ3v) is 5.94. The summed E-state index contributed by atoms with van der Waals surface area (Å²) >= 11 is 0. The molecule has 112 valence electrons. The van der Waals surface area contributed by atoms with Crippen LogP contribution in [0.4, 0.5) is 0 Å². The molecule has 0 aromatic heterocycles. The molecule has 0 bridgehead atoms. The molecule has 0 saturated heterocycles. The molecule has 0 spiro atoms. The standard InChI is InChI=1S/C18H35N/c1-17(2)10-7-5-4-6-8-12-18(3,13-9-11-17)15-14-16(15)19/h15-16H,4-14,19H2,1-3H3. The minimum absolute atomic E-state index is 0.519. The van der Waals surface area contributed by atoms with Gasteiger partial charge in [-0.2, -0.15) is 0 Å². The van der Waals surface area contributed by atoms with Gasteiger partial charge in [-0.25, -0.2) is 0 Å². The van der Waals surface area contributed by atoms with Crippen LogP contribution < -0.4 is 5.73 Å². The second-order valence-electron chi connectivity index (χ2n) is 8.45. The van der Waals surface area contributed by atoms with Gasteiger partial charge in [0, 0.05) is 6.04 Å². The van der Waals surface area contributed by atoms with Gasteiger partial charge in [-0.05, 0) is 48.9 Å². The van der Waals surface area contributed by atoms with E-state index in [0.717, 1.165) is 5.92 Å².